The third kappa shape index (κ3) is 0.678. The van der Waals surface area contributed by atoms with E-state index in [0.717, 1.165) is 0 Å². The van der Waals surface area contributed by atoms with E-state index < -0.39 is 47.2 Å². The number of hydrogen-bond donors (Lipinski definition) is 2. The highest BCUT2D eigenvalue weighted by atomic mass is 16.6. The number of ether oxygens (including phenoxy) is 2. The molecule has 2 unspecified atom stereocenters. The van der Waals surface area contributed by atoms with Crippen LogP contribution in [0.4, 0.5) is 0 Å². The first-order valence-electron chi connectivity index (χ1n) is 5.70. The van der Waals surface area contributed by atoms with Gasteiger partial charge < -0.3 is 19.7 Å². The van der Waals surface area contributed by atoms with Crippen LogP contribution < -0.4 is 0 Å². The van der Waals surface area contributed by atoms with Gasteiger partial charge in [-0.15, -0.1) is 0 Å². The summed E-state index contributed by atoms with van der Waals surface area (Å²) in [6.45, 7) is 0. The highest BCUT2D eigenvalue weighted by molar-refractivity contribution is 5.93. The van der Waals surface area contributed by atoms with E-state index in [1.807, 2.05) is 0 Å². The third-order valence-corrected chi connectivity index (χ3v) is 4.70. The Labute approximate surface area is 101 Å². The van der Waals surface area contributed by atoms with E-state index in [9.17, 15) is 19.8 Å². The summed E-state index contributed by atoms with van der Waals surface area (Å²) < 4.78 is 11.1. The first-order valence-corrected chi connectivity index (χ1v) is 5.70. The summed E-state index contributed by atoms with van der Waals surface area (Å²) in [5.74, 6) is -2.34. The molecule has 0 amide bonds. The van der Waals surface area contributed by atoms with Gasteiger partial charge in [-0.25, -0.2) is 0 Å². The number of carbonyl (C=O) groups is 2. The SMILES string of the molecule is O=C(O)C12[C@@H]3C=C[C@@H](O3)C1(C(=O)O)[C@H]1C=C[C@H]2O1. The molecule has 0 spiro atoms. The molecule has 18 heavy (non-hydrogen) atoms. The Bertz CT molecular complexity index is 461. The van der Waals surface area contributed by atoms with Crippen molar-refractivity contribution >= 4 is 11.9 Å². The predicted octanol–water partition coefficient (Wildman–Crippen LogP) is -0.197. The maximum absolute atomic E-state index is 11.8. The van der Waals surface area contributed by atoms with E-state index in [2.05, 4.69) is 0 Å². The fourth-order valence-electron chi connectivity index (χ4n) is 4.04. The zero-order chi connectivity index (χ0) is 12.7. The van der Waals surface area contributed by atoms with Gasteiger partial charge in [0.2, 0.25) is 0 Å². The van der Waals surface area contributed by atoms with Gasteiger partial charge in [0.1, 0.15) is 10.8 Å². The largest absolute Gasteiger partial charge is 0.481 e. The van der Waals surface area contributed by atoms with Crippen molar-refractivity contribution in [2.45, 2.75) is 24.4 Å². The first kappa shape index (κ1) is 10.3. The van der Waals surface area contributed by atoms with Gasteiger partial charge in [0, 0.05) is 0 Å². The van der Waals surface area contributed by atoms with Crippen LogP contribution in [0.1, 0.15) is 0 Å². The van der Waals surface area contributed by atoms with Gasteiger partial charge in [-0.3, -0.25) is 9.59 Å². The number of hydrogen-bond acceptors (Lipinski definition) is 4. The minimum atomic E-state index is -1.54. The maximum atomic E-state index is 11.8. The van der Waals surface area contributed by atoms with Crippen molar-refractivity contribution in [3.8, 4) is 0 Å². The van der Waals surface area contributed by atoms with Gasteiger partial charge in [-0.2, -0.15) is 0 Å². The van der Waals surface area contributed by atoms with Crippen LogP contribution in [0.3, 0.4) is 0 Å². The summed E-state index contributed by atoms with van der Waals surface area (Å²) in [6.07, 6.45) is 3.59. The smallest absolute Gasteiger partial charge is 0.317 e. The second-order valence-corrected chi connectivity index (χ2v) is 5.07. The molecule has 4 rings (SSSR count). The highest BCUT2D eigenvalue weighted by Gasteiger charge is 2.85. The van der Waals surface area contributed by atoms with Crippen molar-refractivity contribution in [2.24, 2.45) is 10.8 Å². The molecule has 4 aliphatic heterocycles. The van der Waals surface area contributed by atoms with Crippen molar-refractivity contribution in [3.63, 3.8) is 0 Å². The van der Waals surface area contributed by atoms with Gasteiger partial charge in [0.15, 0.2) is 0 Å². The molecule has 4 aliphatic rings. The van der Waals surface area contributed by atoms with E-state index in [0.29, 0.717) is 0 Å². The summed E-state index contributed by atoms with van der Waals surface area (Å²) in [5, 5.41) is 19.3. The molecule has 2 fully saturated rings. The van der Waals surface area contributed by atoms with Crippen LogP contribution in [0.25, 0.3) is 0 Å². The lowest BCUT2D eigenvalue weighted by molar-refractivity contribution is -0.170. The quantitative estimate of drug-likeness (QED) is 0.659. The van der Waals surface area contributed by atoms with Crippen LogP contribution in [-0.4, -0.2) is 46.6 Å². The van der Waals surface area contributed by atoms with Gasteiger partial charge >= 0.3 is 11.9 Å². The Hall–Kier alpha value is -1.66. The zero-order valence-corrected chi connectivity index (χ0v) is 9.15. The van der Waals surface area contributed by atoms with Crippen LogP contribution in [0.15, 0.2) is 24.3 Å². The third-order valence-electron chi connectivity index (χ3n) is 4.70. The van der Waals surface area contributed by atoms with E-state index in [1.165, 1.54) is 0 Å². The number of fused-ring (bicyclic) bond motifs is 9. The van der Waals surface area contributed by atoms with E-state index >= 15 is 0 Å². The second-order valence-electron chi connectivity index (χ2n) is 5.07. The zero-order valence-electron chi connectivity index (χ0n) is 9.15. The van der Waals surface area contributed by atoms with Crippen molar-refractivity contribution in [1.82, 2.24) is 0 Å². The van der Waals surface area contributed by atoms with Crippen molar-refractivity contribution in [1.29, 1.82) is 0 Å². The highest BCUT2D eigenvalue weighted by Crippen LogP contribution is 2.68. The van der Waals surface area contributed by atoms with Crippen molar-refractivity contribution < 1.29 is 29.3 Å². The summed E-state index contributed by atoms with van der Waals surface area (Å²) in [7, 11) is 0. The molecule has 0 aromatic heterocycles. The Morgan fingerprint density at radius 2 is 1.06 bits per heavy atom. The topological polar surface area (TPSA) is 93.1 Å². The van der Waals surface area contributed by atoms with E-state index in [1.54, 1.807) is 24.3 Å². The van der Waals surface area contributed by atoms with Crippen LogP contribution in [-0.2, 0) is 19.1 Å². The molecule has 94 valence electrons. The van der Waals surface area contributed by atoms with Gasteiger partial charge in [0.05, 0.1) is 24.4 Å². The van der Waals surface area contributed by atoms with Crippen molar-refractivity contribution in [3.05, 3.63) is 24.3 Å². The van der Waals surface area contributed by atoms with Crippen LogP contribution in [0, 0.1) is 10.8 Å². The molecule has 6 atom stereocenters. The van der Waals surface area contributed by atoms with Crippen LogP contribution >= 0.6 is 0 Å². The molecular formula is C12H10O6. The number of carboxylic acid groups (broad SMARTS) is 2. The summed E-state index contributed by atoms with van der Waals surface area (Å²) in [4.78, 5) is 23.6. The standard InChI is InChI=1S/C12H10O6/c13-9(14)11-5-1-2-6(17-5)12(11,10(15)16)8-4-3-7(11)18-8/h1-8H,(H,13,14)(H,15,16)/t5-,6-,7-,8+,11?,12?/m1/s1. The maximum Gasteiger partial charge on any atom is 0.317 e. The number of aliphatic carboxylic acids is 2. The van der Waals surface area contributed by atoms with Crippen molar-refractivity contribution in [2.75, 3.05) is 0 Å². The average Bonchev–Trinajstić information content (AvgIpc) is 3.05. The van der Waals surface area contributed by atoms with E-state index in [-0.39, 0.29) is 0 Å². The number of carboxylic acids is 2. The molecule has 0 radical (unpaired) electrons. The average molecular weight is 250 g/mol. The molecule has 4 heterocycles. The van der Waals surface area contributed by atoms with Gasteiger partial charge in [-0.05, 0) is 0 Å². The minimum Gasteiger partial charge on any atom is -0.481 e. The Balaban J connectivity index is 2.06. The fraction of sp³-hybridized carbons (Fsp3) is 0.500. The second kappa shape index (κ2) is 2.67. The molecule has 6 nitrogen and oxygen atoms in total. The Morgan fingerprint density at radius 1 is 0.778 bits per heavy atom. The molecule has 6 heteroatoms. The Morgan fingerprint density at radius 3 is 1.28 bits per heavy atom. The molecule has 0 aromatic rings. The molecule has 0 saturated carbocycles. The monoisotopic (exact) mass is 250 g/mol. The van der Waals surface area contributed by atoms with Gasteiger partial charge in [0.25, 0.3) is 0 Å². The molecule has 0 aromatic carbocycles. The lowest BCUT2D eigenvalue weighted by Crippen LogP contribution is -2.62. The van der Waals surface area contributed by atoms with Gasteiger partial charge in [-0.1, -0.05) is 24.3 Å². The molecule has 0 aliphatic carbocycles. The molecule has 2 saturated heterocycles. The molecule has 4 bridgehead atoms. The first-order chi connectivity index (χ1) is 8.56. The lowest BCUT2D eigenvalue weighted by Gasteiger charge is -2.41. The summed E-state index contributed by atoms with van der Waals surface area (Å²) in [5.41, 5.74) is -3.09. The predicted molar refractivity (Wildman–Crippen MR) is 55.7 cm³/mol. The molecule has 2 N–H and O–H groups in total. The lowest BCUT2D eigenvalue weighted by atomic mass is 9.53. The Kier molecular flexibility index (Phi) is 1.53. The number of rotatable bonds is 2. The van der Waals surface area contributed by atoms with Crippen LogP contribution in [0.5, 0.6) is 0 Å². The normalized spacial score (nSPS) is 54.0. The van der Waals surface area contributed by atoms with E-state index in [4.69, 9.17) is 9.47 Å². The fourth-order valence-corrected chi connectivity index (χ4v) is 4.04. The summed E-state index contributed by atoms with van der Waals surface area (Å²) >= 11 is 0. The van der Waals surface area contributed by atoms with Crippen LogP contribution in [0.2, 0.25) is 0 Å². The summed E-state index contributed by atoms with van der Waals surface area (Å²) in [6, 6.07) is 0. The molecular weight excluding hydrogens is 240 g/mol. The minimum absolute atomic E-state index is 0.740.